The first-order valence-electron chi connectivity index (χ1n) is 11.4. The van der Waals surface area contributed by atoms with Gasteiger partial charge in [0.05, 0.1) is 6.17 Å². The Bertz CT molecular complexity index is 236. The van der Waals surface area contributed by atoms with E-state index in [-0.39, 0.29) is 0 Å². The SMILES string of the molecule is CCCCCCCCCCCCCCCCCCCC1NCCN1. The van der Waals surface area contributed by atoms with Gasteiger partial charge in [-0.15, -0.1) is 0 Å². The highest BCUT2D eigenvalue weighted by Crippen LogP contribution is 2.14. The van der Waals surface area contributed by atoms with Crippen molar-refractivity contribution in [1.29, 1.82) is 0 Å². The van der Waals surface area contributed by atoms with Crippen molar-refractivity contribution in [3.8, 4) is 0 Å². The summed E-state index contributed by atoms with van der Waals surface area (Å²) in [6.07, 6.45) is 26.7. The van der Waals surface area contributed by atoms with Crippen molar-refractivity contribution in [2.45, 2.75) is 129 Å². The summed E-state index contributed by atoms with van der Waals surface area (Å²) < 4.78 is 0. The third kappa shape index (κ3) is 14.3. The van der Waals surface area contributed by atoms with Gasteiger partial charge in [0.15, 0.2) is 0 Å². The molecule has 1 aliphatic rings. The number of rotatable bonds is 18. The van der Waals surface area contributed by atoms with Crippen LogP contribution in [0, 0.1) is 0 Å². The molecule has 0 radical (unpaired) electrons. The van der Waals surface area contributed by atoms with Crippen molar-refractivity contribution in [2.75, 3.05) is 13.1 Å². The Labute approximate surface area is 152 Å². The second-order valence-corrected chi connectivity index (χ2v) is 7.91. The van der Waals surface area contributed by atoms with Crippen LogP contribution in [0.2, 0.25) is 0 Å². The van der Waals surface area contributed by atoms with E-state index in [0.29, 0.717) is 6.17 Å². The zero-order chi connectivity index (χ0) is 17.1. The van der Waals surface area contributed by atoms with Crippen LogP contribution in [-0.4, -0.2) is 19.3 Å². The molecule has 2 N–H and O–H groups in total. The van der Waals surface area contributed by atoms with Crippen molar-refractivity contribution in [3.05, 3.63) is 0 Å². The van der Waals surface area contributed by atoms with E-state index in [9.17, 15) is 0 Å². The molecule has 144 valence electrons. The molecule has 1 rings (SSSR count). The molecular formula is C22H46N2. The van der Waals surface area contributed by atoms with E-state index in [4.69, 9.17) is 0 Å². The molecule has 24 heavy (non-hydrogen) atoms. The first-order valence-corrected chi connectivity index (χ1v) is 11.4. The van der Waals surface area contributed by atoms with Gasteiger partial charge in [-0.05, 0) is 6.42 Å². The molecule has 1 saturated heterocycles. The fourth-order valence-corrected chi connectivity index (χ4v) is 3.84. The van der Waals surface area contributed by atoms with Gasteiger partial charge >= 0.3 is 0 Å². The molecule has 0 spiro atoms. The molecule has 0 unspecified atom stereocenters. The lowest BCUT2D eigenvalue weighted by Gasteiger charge is -2.09. The van der Waals surface area contributed by atoms with Crippen LogP contribution in [0.3, 0.4) is 0 Å². The van der Waals surface area contributed by atoms with E-state index in [0.717, 1.165) is 13.1 Å². The van der Waals surface area contributed by atoms with Gasteiger partial charge in [0.2, 0.25) is 0 Å². The second kappa shape index (κ2) is 17.7. The first-order chi connectivity index (χ1) is 11.9. The van der Waals surface area contributed by atoms with E-state index in [1.54, 1.807) is 0 Å². The lowest BCUT2D eigenvalue weighted by molar-refractivity contribution is 0.470. The van der Waals surface area contributed by atoms with Crippen LogP contribution in [0.1, 0.15) is 122 Å². The fraction of sp³-hybridized carbons (Fsp3) is 1.00. The van der Waals surface area contributed by atoms with Crippen LogP contribution in [0.5, 0.6) is 0 Å². The quantitative estimate of drug-likeness (QED) is 0.277. The van der Waals surface area contributed by atoms with E-state index in [2.05, 4.69) is 17.6 Å². The van der Waals surface area contributed by atoms with Gasteiger partial charge in [-0.1, -0.05) is 116 Å². The second-order valence-electron chi connectivity index (χ2n) is 7.91. The average Bonchev–Trinajstić information content (AvgIpc) is 3.11. The molecule has 0 atom stereocenters. The third-order valence-electron chi connectivity index (χ3n) is 5.50. The minimum atomic E-state index is 0.612. The van der Waals surface area contributed by atoms with Gasteiger partial charge in [-0.2, -0.15) is 0 Å². The Morgan fingerprint density at radius 2 is 0.833 bits per heavy atom. The summed E-state index contributed by atoms with van der Waals surface area (Å²) in [7, 11) is 0. The van der Waals surface area contributed by atoms with Gasteiger partial charge in [0.1, 0.15) is 0 Å². The summed E-state index contributed by atoms with van der Waals surface area (Å²) in [6, 6.07) is 0. The van der Waals surface area contributed by atoms with Crippen molar-refractivity contribution in [1.82, 2.24) is 10.6 Å². The lowest BCUT2D eigenvalue weighted by Crippen LogP contribution is -2.30. The van der Waals surface area contributed by atoms with Crippen LogP contribution in [0.15, 0.2) is 0 Å². The van der Waals surface area contributed by atoms with Crippen molar-refractivity contribution in [2.24, 2.45) is 0 Å². The van der Waals surface area contributed by atoms with Crippen LogP contribution in [0.25, 0.3) is 0 Å². The van der Waals surface area contributed by atoms with Crippen molar-refractivity contribution >= 4 is 0 Å². The normalized spacial score (nSPS) is 15.4. The standard InChI is InChI=1S/C22H46N2/c1-2-3-4-5-6-7-8-9-10-11-12-13-14-15-16-17-18-19-22-23-20-21-24-22/h22-24H,2-21H2,1H3. The predicted molar refractivity (Wildman–Crippen MR) is 109 cm³/mol. The smallest absolute Gasteiger partial charge is 0.0572 e. The number of nitrogens with one attached hydrogen (secondary N) is 2. The number of hydrogen-bond donors (Lipinski definition) is 2. The topological polar surface area (TPSA) is 24.1 Å². The van der Waals surface area contributed by atoms with Crippen LogP contribution < -0.4 is 10.6 Å². The Morgan fingerprint density at radius 3 is 1.21 bits per heavy atom. The van der Waals surface area contributed by atoms with Gasteiger partial charge in [-0.25, -0.2) is 0 Å². The maximum absolute atomic E-state index is 3.50. The average molecular weight is 339 g/mol. The van der Waals surface area contributed by atoms with Crippen molar-refractivity contribution < 1.29 is 0 Å². The zero-order valence-corrected chi connectivity index (χ0v) is 16.7. The third-order valence-corrected chi connectivity index (χ3v) is 5.50. The van der Waals surface area contributed by atoms with E-state index in [1.807, 2.05) is 0 Å². The van der Waals surface area contributed by atoms with Crippen LogP contribution >= 0.6 is 0 Å². The summed E-state index contributed by atoms with van der Waals surface area (Å²) in [6.45, 7) is 4.61. The van der Waals surface area contributed by atoms with Crippen molar-refractivity contribution in [3.63, 3.8) is 0 Å². The highest BCUT2D eigenvalue weighted by atomic mass is 15.2. The molecular weight excluding hydrogens is 292 g/mol. The molecule has 1 fully saturated rings. The lowest BCUT2D eigenvalue weighted by atomic mass is 10.0. The summed E-state index contributed by atoms with van der Waals surface area (Å²) in [4.78, 5) is 0. The Hall–Kier alpha value is -0.0800. The van der Waals surface area contributed by atoms with E-state index in [1.165, 1.54) is 116 Å². The molecule has 2 heteroatoms. The van der Waals surface area contributed by atoms with Gasteiger partial charge in [0, 0.05) is 13.1 Å². The minimum absolute atomic E-state index is 0.612. The Kier molecular flexibility index (Phi) is 16.2. The molecule has 0 aliphatic carbocycles. The van der Waals surface area contributed by atoms with Crippen LogP contribution in [-0.2, 0) is 0 Å². The van der Waals surface area contributed by atoms with Gasteiger partial charge in [-0.3, -0.25) is 0 Å². The molecule has 2 nitrogen and oxygen atoms in total. The first kappa shape index (κ1) is 22.0. The van der Waals surface area contributed by atoms with Crippen LogP contribution in [0.4, 0.5) is 0 Å². The molecule has 0 amide bonds. The molecule has 0 aromatic heterocycles. The molecule has 0 aromatic rings. The number of hydrogen-bond acceptors (Lipinski definition) is 2. The summed E-state index contributed by atoms with van der Waals surface area (Å²) in [5, 5.41) is 7.00. The summed E-state index contributed by atoms with van der Waals surface area (Å²) >= 11 is 0. The molecule has 0 aromatic carbocycles. The summed E-state index contributed by atoms with van der Waals surface area (Å²) in [5.74, 6) is 0. The predicted octanol–water partition coefficient (Wildman–Crippen LogP) is 6.55. The van der Waals surface area contributed by atoms with E-state index >= 15 is 0 Å². The highest BCUT2D eigenvalue weighted by molar-refractivity contribution is 4.72. The maximum atomic E-state index is 3.50. The minimum Gasteiger partial charge on any atom is -0.301 e. The Morgan fingerprint density at radius 1 is 0.500 bits per heavy atom. The maximum Gasteiger partial charge on any atom is 0.0572 e. The van der Waals surface area contributed by atoms with Gasteiger partial charge < -0.3 is 10.6 Å². The molecule has 1 heterocycles. The monoisotopic (exact) mass is 338 g/mol. The zero-order valence-electron chi connectivity index (χ0n) is 16.7. The van der Waals surface area contributed by atoms with E-state index < -0.39 is 0 Å². The largest absolute Gasteiger partial charge is 0.301 e. The summed E-state index contributed by atoms with van der Waals surface area (Å²) in [5.41, 5.74) is 0. The Balaban J connectivity index is 1.63. The number of unbranched alkanes of at least 4 members (excludes halogenated alkanes) is 16. The van der Waals surface area contributed by atoms with Gasteiger partial charge in [0.25, 0.3) is 0 Å². The highest BCUT2D eigenvalue weighted by Gasteiger charge is 2.11. The fourth-order valence-electron chi connectivity index (χ4n) is 3.84. The molecule has 1 aliphatic heterocycles. The molecule has 0 saturated carbocycles. The molecule has 0 bridgehead atoms.